The fourth-order valence-corrected chi connectivity index (χ4v) is 1.54. The summed E-state index contributed by atoms with van der Waals surface area (Å²) >= 11 is 4.25. The Labute approximate surface area is 68.0 Å². The Morgan fingerprint density at radius 3 is 3.10 bits per heavy atom. The molecule has 0 aromatic heterocycles. The predicted molar refractivity (Wildman–Crippen MR) is 45.5 cm³/mol. The zero-order valence-electron chi connectivity index (χ0n) is 6.42. The maximum absolute atomic E-state index is 5.28. The summed E-state index contributed by atoms with van der Waals surface area (Å²) in [7, 11) is 0. The minimum absolute atomic E-state index is 0.139. The number of hydrogen-bond acceptors (Lipinski definition) is 3. The van der Waals surface area contributed by atoms with Crippen molar-refractivity contribution in [3.8, 4) is 0 Å². The van der Waals surface area contributed by atoms with Crippen molar-refractivity contribution in [3.63, 3.8) is 0 Å². The quantitative estimate of drug-likeness (QED) is 0.606. The highest BCUT2D eigenvalue weighted by molar-refractivity contribution is 7.80. The second-order valence-corrected chi connectivity index (χ2v) is 3.20. The Bertz CT molecular complexity index is 97.6. The Hall–Kier alpha value is 0.270. The monoisotopic (exact) mass is 161 g/mol. The molecule has 0 saturated carbocycles. The average molecular weight is 161 g/mol. The van der Waals surface area contributed by atoms with E-state index in [9.17, 15) is 0 Å². The fourth-order valence-electron chi connectivity index (χ4n) is 1.20. The van der Waals surface area contributed by atoms with Gasteiger partial charge in [-0.05, 0) is 13.0 Å². The van der Waals surface area contributed by atoms with Crippen LogP contribution in [-0.2, 0) is 4.74 Å². The Morgan fingerprint density at radius 1 is 1.70 bits per heavy atom. The maximum Gasteiger partial charge on any atom is 0.113 e. The molecule has 1 atom stereocenters. The number of nitrogens with zero attached hydrogens (tertiary/aromatic N) is 1. The molecule has 1 saturated heterocycles. The van der Waals surface area contributed by atoms with E-state index < -0.39 is 0 Å². The third kappa shape index (κ3) is 2.48. The lowest BCUT2D eigenvalue weighted by molar-refractivity contribution is 0.0194. The van der Waals surface area contributed by atoms with Crippen LogP contribution in [0.2, 0.25) is 0 Å². The Morgan fingerprint density at radius 2 is 2.50 bits per heavy atom. The van der Waals surface area contributed by atoms with Gasteiger partial charge in [-0.25, -0.2) is 0 Å². The molecule has 0 amide bonds. The fraction of sp³-hybridized carbons (Fsp3) is 1.00. The van der Waals surface area contributed by atoms with Crippen LogP contribution in [0.1, 0.15) is 13.3 Å². The van der Waals surface area contributed by atoms with Crippen LogP contribution >= 0.6 is 12.6 Å². The third-order valence-electron chi connectivity index (χ3n) is 1.67. The largest absolute Gasteiger partial charge is 0.365 e. The van der Waals surface area contributed by atoms with Crippen molar-refractivity contribution in [2.75, 3.05) is 26.2 Å². The molecule has 1 heterocycles. The van der Waals surface area contributed by atoms with Gasteiger partial charge >= 0.3 is 0 Å². The van der Waals surface area contributed by atoms with Crippen molar-refractivity contribution in [1.29, 1.82) is 0 Å². The van der Waals surface area contributed by atoms with Gasteiger partial charge in [0.25, 0.3) is 0 Å². The van der Waals surface area contributed by atoms with Gasteiger partial charge in [0.05, 0.1) is 6.61 Å². The Kier molecular flexibility index (Phi) is 3.52. The number of rotatable bonds is 2. The van der Waals surface area contributed by atoms with Gasteiger partial charge in [0.2, 0.25) is 0 Å². The van der Waals surface area contributed by atoms with Crippen LogP contribution in [0.4, 0.5) is 0 Å². The van der Waals surface area contributed by atoms with Gasteiger partial charge in [-0.1, -0.05) is 6.92 Å². The van der Waals surface area contributed by atoms with Crippen molar-refractivity contribution in [1.82, 2.24) is 4.90 Å². The van der Waals surface area contributed by atoms with Gasteiger partial charge in [-0.3, -0.25) is 4.90 Å². The Balaban J connectivity index is 2.18. The number of hydrogen-bond donors (Lipinski definition) is 1. The molecule has 2 nitrogen and oxygen atoms in total. The topological polar surface area (TPSA) is 12.5 Å². The van der Waals surface area contributed by atoms with Crippen molar-refractivity contribution in [3.05, 3.63) is 0 Å². The van der Waals surface area contributed by atoms with Crippen molar-refractivity contribution in [2.24, 2.45) is 0 Å². The summed E-state index contributed by atoms with van der Waals surface area (Å²) in [5.41, 5.74) is 0.139. The molecular weight excluding hydrogens is 146 g/mol. The SMILES string of the molecule is CCCN1CCOC(S)C1. The molecule has 1 aliphatic rings. The first-order valence-corrected chi connectivity index (χ1v) is 4.36. The summed E-state index contributed by atoms with van der Waals surface area (Å²) in [5, 5.41) is 0. The molecule has 1 aliphatic heterocycles. The summed E-state index contributed by atoms with van der Waals surface area (Å²) in [6, 6.07) is 0. The predicted octanol–water partition coefficient (Wildman–Crippen LogP) is 0.985. The number of thiol groups is 1. The lowest BCUT2D eigenvalue weighted by Crippen LogP contribution is -2.40. The summed E-state index contributed by atoms with van der Waals surface area (Å²) < 4.78 is 5.28. The van der Waals surface area contributed by atoms with E-state index in [4.69, 9.17) is 4.74 Å². The molecule has 0 aliphatic carbocycles. The molecule has 60 valence electrons. The van der Waals surface area contributed by atoms with Gasteiger partial charge in [-0.2, -0.15) is 0 Å². The lowest BCUT2D eigenvalue weighted by atomic mass is 10.4. The summed E-state index contributed by atoms with van der Waals surface area (Å²) in [5.74, 6) is 0. The molecule has 10 heavy (non-hydrogen) atoms. The first kappa shape index (κ1) is 8.37. The van der Waals surface area contributed by atoms with Crippen LogP contribution in [0.25, 0.3) is 0 Å². The second kappa shape index (κ2) is 4.21. The van der Waals surface area contributed by atoms with Gasteiger partial charge in [0.1, 0.15) is 5.44 Å². The van der Waals surface area contributed by atoms with Gasteiger partial charge in [0.15, 0.2) is 0 Å². The van der Waals surface area contributed by atoms with Crippen LogP contribution in [0.5, 0.6) is 0 Å². The number of morpholine rings is 1. The minimum Gasteiger partial charge on any atom is -0.365 e. The highest BCUT2D eigenvalue weighted by Crippen LogP contribution is 2.07. The molecule has 3 heteroatoms. The molecule has 1 fully saturated rings. The summed E-state index contributed by atoms with van der Waals surface area (Å²) in [6.07, 6.45) is 1.22. The highest BCUT2D eigenvalue weighted by Gasteiger charge is 2.15. The summed E-state index contributed by atoms with van der Waals surface area (Å²) in [6.45, 7) is 6.28. The molecule has 0 aromatic rings. The van der Waals surface area contributed by atoms with E-state index in [2.05, 4.69) is 24.5 Å². The third-order valence-corrected chi connectivity index (χ3v) is 1.98. The van der Waals surface area contributed by atoms with E-state index in [0.29, 0.717) is 0 Å². The molecule has 0 aromatic carbocycles. The van der Waals surface area contributed by atoms with Gasteiger partial charge in [-0.15, -0.1) is 12.6 Å². The van der Waals surface area contributed by atoms with E-state index in [1.54, 1.807) is 0 Å². The van der Waals surface area contributed by atoms with Gasteiger partial charge < -0.3 is 4.74 Å². The molecular formula is C7H15NOS. The summed E-state index contributed by atoms with van der Waals surface area (Å²) in [4.78, 5) is 2.39. The normalized spacial score (nSPS) is 28.8. The van der Waals surface area contributed by atoms with E-state index >= 15 is 0 Å². The standard InChI is InChI=1S/C7H15NOS/c1-2-3-8-4-5-9-7(10)6-8/h7,10H,2-6H2,1H3. The van der Waals surface area contributed by atoms with E-state index in [1.165, 1.54) is 13.0 Å². The van der Waals surface area contributed by atoms with Crippen LogP contribution in [0, 0.1) is 0 Å². The van der Waals surface area contributed by atoms with Crippen molar-refractivity contribution < 1.29 is 4.74 Å². The first-order valence-electron chi connectivity index (χ1n) is 3.85. The number of ether oxygens (including phenoxy) is 1. The highest BCUT2D eigenvalue weighted by atomic mass is 32.1. The van der Waals surface area contributed by atoms with E-state index in [-0.39, 0.29) is 5.44 Å². The molecule has 0 bridgehead atoms. The van der Waals surface area contributed by atoms with Gasteiger partial charge in [0, 0.05) is 13.1 Å². The molecule has 0 N–H and O–H groups in total. The average Bonchev–Trinajstić information content (AvgIpc) is 1.88. The van der Waals surface area contributed by atoms with Crippen LogP contribution in [-0.4, -0.2) is 36.6 Å². The first-order chi connectivity index (χ1) is 4.83. The smallest absolute Gasteiger partial charge is 0.113 e. The molecule has 0 spiro atoms. The van der Waals surface area contributed by atoms with Crippen LogP contribution in [0.3, 0.4) is 0 Å². The van der Waals surface area contributed by atoms with E-state index in [0.717, 1.165) is 19.7 Å². The minimum atomic E-state index is 0.139. The zero-order valence-corrected chi connectivity index (χ0v) is 7.31. The zero-order chi connectivity index (χ0) is 7.40. The molecule has 1 rings (SSSR count). The van der Waals surface area contributed by atoms with Crippen LogP contribution < -0.4 is 0 Å². The maximum atomic E-state index is 5.28. The lowest BCUT2D eigenvalue weighted by Gasteiger charge is -2.29. The van der Waals surface area contributed by atoms with Crippen molar-refractivity contribution in [2.45, 2.75) is 18.8 Å². The van der Waals surface area contributed by atoms with Crippen molar-refractivity contribution >= 4 is 12.6 Å². The second-order valence-electron chi connectivity index (χ2n) is 2.63. The van der Waals surface area contributed by atoms with E-state index in [1.807, 2.05) is 0 Å². The molecule has 0 radical (unpaired) electrons. The van der Waals surface area contributed by atoms with Crippen LogP contribution in [0.15, 0.2) is 0 Å². The molecule has 1 unspecified atom stereocenters.